The average Bonchev–Trinajstić information content (AvgIpc) is 3.08. The monoisotopic (exact) mass is 276 g/mol. The summed E-state index contributed by atoms with van der Waals surface area (Å²) in [6.45, 7) is 3.01. The predicted molar refractivity (Wildman–Crippen MR) is 72.7 cm³/mol. The van der Waals surface area contributed by atoms with Crippen LogP contribution in [-0.4, -0.2) is 45.9 Å². The number of carbonyl (C=O) groups excluding carboxylic acids is 2. The van der Waals surface area contributed by atoms with E-state index in [-0.39, 0.29) is 17.2 Å². The minimum atomic E-state index is 0.109. The molecule has 3 heterocycles. The Morgan fingerprint density at radius 3 is 2.80 bits per heavy atom. The maximum Gasteiger partial charge on any atom is 0.224 e. The zero-order valence-electron chi connectivity index (χ0n) is 11.5. The molecule has 0 unspecified atom stereocenters. The smallest absolute Gasteiger partial charge is 0.224 e. The first-order chi connectivity index (χ1) is 9.67. The van der Waals surface area contributed by atoms with Crippen LogP contribution < -0.4 is 5.32 Å². The van der Waals surface area contributed by atoms with Crippen LogP contribution in [0.25, 0.3) is 0 Å². The zero-order chi connectivity index (χ0) is 14.0. The molecule has 1 aromatic rings. The lowest BCUT2D eigenvalue weighted by Gasteiger charge is -2.38. The molecule has 0 bridgehead atoms. The van der Waals surface area contributed by atoms with Crippen LogP contribution in [0.5, 0.6) is 0 Å². The molecule has 0 radical (unpaired) electrons. The van der Waals surface area contributed by atoms with Crippen LogP contribution in [0, 0.1) is 5.41 Å². The van der Waals surface area contributed by atoms with Gasteiger partial charge in [-0.3, -0.25) is 9.59 Å². The number of likely N-dealkylation sites (tertiary alicyclic amines) is 1. The molecule has 6 nitrogen and oxygen atoms in total. The molecule has 2 fully saturated rings. The minimum absolute atomic E-state index is 0.109. The second-order valence-electron chi connectivity index (χ2n) is 5.88. The lowest BCUT2D eigenvalue weighted by molar-refractivity contribution is -0.133. The maximum atomic E-state index is 12.2. The van der Waals surface area contributed by atoms with Crippen molar-refractivity contribution in [1.82, 2.24) is 19.8 Å². The quantitative estimate of drug-likeness (QED) is 0.869. The van der Waals surface area contributed by atoms with Crippen molar-refractivity contribution in [2.45, 2.75) is 32.2 Å². The molecule has 0 atom stereocenters. The average molecular weight is 276 g/mol. The van der Waals surface area contributed by atoms with Gasteiger partial charge in [-0.25, -0.2) is 4.98 Å². The molecule has 20 heavy (non-hydrogen) atoms. The van der Waals surface area contributed by atoms with Gasteiger partial charge < -0.3 is 14.8 Å². The first-order valence-corrected chi connectivity index (χ1v) is 7.17. The lowest BCUT2D eigenvalue weighted by Crippen LogP contribution is -2.44. The first kappa shape index (κ1) is 13.1. The molecule has 2 saturated heterocycles. The Bertz CT molecular complexity index is 489. The molecule has 2 aliphatic heterocycles. The molecular formula is C14H20N4O2. The molecule has 1 aromatic heterocycles. The van der Waals surface area contributed by atoms with Crippen molar-refractivity contribution in [1.29, 1.82) is 0 Å². The molecule has 108 valence electrons. The fourth-order valence-corrected chi connectivity index (χ4v) is 3.14. The number of rotatable bonds is 3. The molecule has 3 rings (SSSR count). The van der Waals surface area contributed by atoms with Gasteiger partial charge in [0.1, 0.15) is 0 Å². The fourth-order valence-electron chi connectivity index (χ4n) is 3.14. The van der Waals surface area contributed by atoms with Gasteiger partial charge in [0.2, 0.25) is 11.8 Å². The van der Waals surface area contributed by atoms with E-state index in [2.05, 4.69) is 10.3 Å². The van der Waals surface area contributed by atoms with Gasteiger partial charge in [0.15, 0.2) is 0 Å². The van der Waals surface area contributed by atoms with Crippen molar-refractivity contribution in [2.75, 3.05) is 19.6 Å². The van der Waals surface area contributed by atoms with Crippen molar-refractivity contribution in [3.63, 3.8) is 0 Å². The Hall–Kier alpha value is -1.85. The summed E-state index contributed by atoms with van der Waals surface area (Å²) in [4.78, 5) is 29.4. The molecule has 2 aliphatic rings. The predicted octanol–water partition coefficient (Wildman–Crippen LogP) is 0.402. The van der Waals surface area contributed by atoms with E-state index in [9.17, 15) is 9.59 Å². The van der Waals surface area contributed by atoms with E-state index in [1.165, 1.54) is 0 Å². The van der Waals surface area contributed by atoms with Gasteiger partial charge in [-0.15, -0.1) is 0 Å². The van der Waals surface area contributed by atoms with E-state index in [1.807, 2.05) is 15.7 Å². The van der Waals surface area contributed by atoms with E-state index in [0.29, 0.717) is 19.4 Å². The summed E-state index contributed by atoms with van der Waals surface area (Å²) in [6, 6.07) is 0. The van der Waals surface area contributed by atoms with Crippen molar-refractivity contribution >= 4 is 11.8 Å². The van der Waals surface area contributed by atoms with E-state index in [4.69, 9.17) is 0 Å². The number of amides is 2. The number of imidazole rings is 1. The van der Waals surface area contributed by atoms with Crippen molar-refractivity contribution in [3.05, 3.63) is 18.7 Å². The van der Waals surface area contributed by atoms with E-state index < -0.39 is 0 Å². The van der Waals surface area contributed by atoms with Crippen LogP contribution in [0.4, 0.5) is 0 Å². The second-order valence-corrected chi connectivity index (χ2v) is 5.88. The third-order valence-electron chi connectivity index (χ3n) is 4.52. The maximum absolute atomic E-state index is 12.2. The highest BCUT2D eigenvalue weighted by molar-refractivity contribution is 5.79. The summed E-state index contributed by atoms with van der Waals surface area (Å²) in [7, 11) is 0. The van der Waals surface area contributed by atoms with E-state index in [0.717, 1.165) is 32.5 Å². The van der Waals surface area contributed by atoms with Gasteiger partial charge in [0.25, 0.3) is 0 Å². The lowest BCUT2D eigenvalue weighted by atomic mass is 9.77. The Balaban J connectivity index is 1.48. The van der Waals surface area contributed by atoms with Crippen LogP contribution >= 0.6 is 0 Å². The number of carbonyl (C=O) groups is 2. The number of nitrogens with zero attached hydrogens (tertiary/aromatic N) is 3. The van der Waals surface area contributed by atoms with Crippen molar-refractivity contribution in [3.8, 4) is 0 Å². The third-order valence-corrected chi connectivity index (χ3v) is 4.52. The Kier molecular flexibility index (Phi) is 3.46. The molecule has 1 spiro atoms. The van der Waals surface area contributed by atoms with Crippen LogP contribution in [0.15, 0.2) is 18.7 Å². The summed E-state index contributed by atoms with van der Waals surface area (Å²) in [5.41, 5.74) is 0.109. The third kappa shape index (κ3) is 2.69. The molecular weight excluding hydrogens is 256 g/mol. The van der Waals surface area contributed by atoms with Crippen molar-refractivity contribution < 1.29 is 9.59 Å². The molecule has 1 N–H and O–H groups in total. The number of piperidine rings is 1. The van der Waals surface area contributed by atoms with Gasteiger partial charge >= 0.3 is 0 Å². The number of hydrogen-bond donors (Lipinski definition) is 1. The Morgan fingerprint density at radius 2 is 2.20 bits per heavy atom. The molecule has 0 saturated carbocycles. The van der Waals surface area contributed by atoms with Gasteiger partial charge in [-0.05, 0) is 18.3 Å². The van der Waals surface area contributed by atoms with Crippen LogP contribution in [0.2, 0.25) is 0 Å². The topological polar surface area (TPSA) is 67.2 Å². The summed E-state index contributed by atoms with van der Waals surface area (Å²) < 4.78 is 1.92. The summed E-state index contributed by atoms with van der Waals surface area (Å²) >= 11 is 0. The highest BCUT2D eigenvalue weighted by atomic mass is 16.2. The molecule has 6 heteroatoms. The standard InChI is InChI=1S/C14H20N4O2/c19-12-9-14(10-16-12)2-6-18(7-3-14)13(20)1-5-17-8-4-15-11-17/h4,8,11H,1-3,5-7,9-10H2,(H,16,19). The molecule has 0 aromatic carbocycles. The minimum Gasteiger partial charge on any atom is -0.356 e. The largest absolute Gasteiger partial charge is 0.356 e. The van der Waals surface area contributed by atoms with Crippen LogP contribution in [0.3, 0.4) is 0 Å². The van der Waals surface area contributed by atoms with Crippen molar-refractivity contribution in [2.24, 2.45) is 5.41 Å². The number of aryl methyl sites for hydroxylation is 1. The van der Waals surface area contributed by atoms with Gasteiger partial charge in [0, 0.05) is 51.4 Å². The zero-order valence-corrected chi connectivity index (χ0v) is 11.5. The fraction of sp³-hybridized carbons (Fsp3) is 0.643. The van der Waals surface area contributed by atoms with E-state index in [1.54, 1.807) is 12.5 Å². The Morgan fingerprint density at radius 1 is 1.40 bits per heavy atom. The molecule has 2 amide bonds. The van der Waals surface area contributed by atoms with Gasteiger partial charge in [0.05, 0.1) is 6.33 Å². The molecule has 0 aliphatic carbocycles. The first-order valence-electron chi connectivity index (χ1n) is 7.17. The summed E-state index contributed by atoms with van der Waals surface area (Å²) in [5.74, 6) is 0.357. The highest BCUT2D eigenvalue weighted by Crippen LogP contribution is 2.37. The number of aromatic nitrogens is 2. The van der Waals surface area contributed by atoms with Gasteiger partial charge in [-0.2, -0.15) is 0 Å². The number of hydrogen-bond acceptors (Lipinski definition) is 3. The summed E-state index contributed by atoms with van der Waals surface area (Å²) in [5, 5.41) is 2.92. The van der Waals surface area contributed by atoms with E-state index >= 15 is 0 Å². The normalized spacial score (nSPS) is 21.2. The second kappa shape index (κ2) is 5.26. The summed E-state index contributed by atoms with van der Waals surface area (Å²) in [6.07, 6.45) is 8.33. The SMILES string of the molecule is O=C1CC2(CCN(C(=O)CCn3ccnc3)CC2)CN1. The Labute approximate surface area is 118 Å². The number of nitrogens with one attached hydrogen (secondary N) is 1. The van der Waals surface area contributed by atoms with Gasteiger partial charge in [-0.1, -0.05) is 0 Å². The van der Waals surface area contributed by atoms with Crippen LogP contribution in [-0.2, 0) is 16.1 Å². The van der Waals surface area contributed by atoms with Crippen LogP contribution in [0.1, 0.15) is 25.7 Å². The highest BCUT2D eigenvalue weighted by Gasteiger charge is 2.41.